The van der Waals surface area contributed by atoms with Crippen LogP contribution < -0.4 is 4.89 Å². The fourth-order valence-electron chi connectivity index (χ4n) is 2.82. The van der Waals surface area contributed by atoms with Gasteiger partial charge in [0.15, 0.2) is 0 Å². The molecule has 1 aliphatic carbocycles. The molecule has 1 N–H and O–H groups in total. The van der Waals surface area contributed by atoms with Crippen LogP contribution in [0.4, 0.5) is 0 Å². The topological polar surface area (TPSA) is 67.9 Å². The van der Waals surface area contributed by atoms with Gasteiger partial charge in [-0.05, 0) is 36.2 Å². The molecule has 0 aromatic rings. The van der Waals surface area contributed by atoms with E-state index in [1.807, 2.05) is 38.8 Å². The molecule has 0 aromatic heterocycles. The van der Waals surface area contributed by atoms with Crippen molar-refractivity contribution in [2.24, 2.45) is 0 Å². The van der Waals surface area contributed by atoms with E-state index in [1.165, 1.54) is 0 Å². The molecule has 6 nitrogen and oxygen atoms in total. The van der Waals surface area contributed by atoms with Gasteiger partial charge in [0.2, 0.25) is 8.32 Å². The molecule has 0 bridgehead atoms. The van der Waals surface area contributed by atoms with E-state index >= 15 is 0 Å². The Morgan fingerprint density at radius 1 is 1.25 bits per heavy atom. The molecule has 2 aliphatic rings. The quantitative estimate of drug-likeness (QED) is 0.486. The largest absolute Gasteiger partial charge is 0.379 e. The molecule has 1 fully saturated rings. The molecule has 1 atom stereocenters. The van der Waals surface area contributed by atoms with Crippen LogP contribution in [0.2, 0.25) is 18.1 Å². The van der Waals surface area contributed by atoms with Crippen LogP contribution in [-0.2, 0) is 19.3 Å². The molecule has 0 radical (unpaired) electrons. The summed E-state index contributed by atoms with van der Waals surface area (Å²) in [6.07, 6.45) is 0. The van der Waals surface area contributed by atoms with Crippen LogP contribution in [0.25, 0.3) is 0 Å². The summed E-state index contributed by atoms with van der Waals surface area (Å²) in [5.41, 5.74) is 0.961. The van der Waals surface area contributed by atoms with Gasteiger partial charge in [0.05, 0.1) is 24.3 Å². The van der Waals surface area contributed by atoms with Crippen molar-refractivity contribution < 1.29 is 17.7 Å². The molecular formula is C18H30Cl2N2O4SSi. The van der Waals surface area contributed by atoms with Crippen molar-refractivity contribution in [3.63, 3.8) is 0 Å². The smallest absolute Gasteiger partial charge is 0.263 e. The van der Waals surface area contributed by atoms with Gasteiger partial charge in [-0.25, -0.2) is 8.42 Å². The predicted octanol–water partition coefficient (Wildman–Crippen LogP) is 4.08. The summed E-state index contributed by atoms with van der Waals surface area (Å²) in [4.78, 5) is 4.32. The summed E-state index contributed by atoms with van der Waals surface area (Å²) in [5, 5.41) is 0.335. The van der Waals surface area contributed by atoms with Crippen LogP contribution >= 0.6 is 23.2 Å². The number of nitrogens with one attached hydrogen (secondary N) is 1. The minimum absolute atomic E-state index is 0.0400. The van der Waals surface area contributed by atoms with E-state index in [-0.39, 0.29) is 15.0 Å². The van der Waals surface area contributed by atoms with Crippen molar-refractivity contribution in [2.45, 2.75) is 51.9 Å². The number of ether oxygens (including phenoxy) is 1. The maximum absolute atomic E-state index is 13.1. The summed E-state index contributed by atoms with van der Waals surface area (Å²) in [5.74, 6) is 0. The highest BCUT2D eigenvalue weighted by atomic mass is 35.5. The minimum Gasteiger partial charge on any atom is -0.379 e. The van der Waals surface area contributed by atoms with Gasteiger partial charge >= 0.3 is 0 Å². The van der Waals surface area contributed by atoms with Gasteiger partial charge in [0.25, 0.3) is 10.0 Å². The lowest BCUT2D eigenvalue weighted by Gasteiger charge is -2.39. The normalized spacial score (nSPS) is 23.6. The van der Waals surface area contributed by atoms with Gasteiger partial charge in [0.1, 0.15) is 4.91 Å². The van der Waals surface area contributed by atoms with Gasteiger partial charge in [-0.1, -0.05) is 50.6 Å². The summed E-state index contributed by atoms with van der Waals surface area (Å²) in [6.45, 7) is 18.0. The first-order chi connectivity index (χ1) is 12.7. The number of hydrogen-bond donors (Lipinski definition) is 1. The van der Waals surface area contributed by atoms with E-state index in [1.54, 1.807) is 6.92 Å². The van der Waals surface area contributed by atoms with Crippen LogP contribution in [-0.4, -0.2) is 54.0 Å². The van der Waals surface area contributed by atoms with Crippen molar-refractivity contribution in [1.29, 1.82) is 0 Å². The molecule has 1 aliphatic heterocycles. The second kappa shape index (κ2) is 8.51. The zero-order valence-electron chi connectivity index (χ0n) is 17.4. The fraction of sp³-hybridized carbons (Fsp3) is 0.667. The fourth-order valence-corrected chi connectivity index (χ4v) is 6.32. The highest BCUT2D eigenvalue weighted by molar-refractivity contribution is 7.93. The van der Waals surface area contributed by atoms with Crippen molar-refractivity contribution in [1.82, 2.24) is 9.79 Å². The standard InChI is InChI=1S/C18H30Cl2N2O4SSi/c1-12-14(19)13(2)17(15(20)16(12)22-8-10-25-11-9-22)27(23,24)21-26-28(6,7)18(3,4)5/h16,21H,1,8-11H2,2-7H3. The van der Waals surface area contributed by atoms with Crippen molar-refractivity contribution in [3.8, 4) is 0 Å². The second-order valence-corrected chi connectivity index (χ2v) is 15.7. The van der Waals surface area contributed by atoms with E-state index in [0.717, 1.165) is 0 Å². The van der Waals surface area contributed by atoms with Gasteiger partial charge in [-0.2, -0.15) is 0 Å². The first-order valence-corrected chi connectivity index (χ1v) is 14.3. The first-order valence-electron chi connectivity index (χ1n) is 9.18. The van der Waals surface area contributed by atoms with E-state index < -0.39 is 24.4 Å². The molecule has 1 heterocycles. The number of halogens is 2. The molecule has 160 valence electrons. The highest BCUT2D eigenvalue weighted by Gasteiger charge is 2.42. The van der Waals surface area contributed by atoms with Crippen molar-refractivity contribution in [3.05, 3.63) is 32.7 Å². The molecule has 28 heavy (non-hydrogen) atoms. The third-order valence-electron chi connectivity index (χ3n) is 5.63. The molecule has 0 aromatic carbocycles. The van der Waals surface area contributed by atoms with Gasteiger partial charge in [0, 0.05) is 18.1 Å². The lowest BCUT2D eigenvalue weighted by Crippen LogP contribution is -2.48. The van der Waals surface area contributed by atoms with Crippen molar-refractivity contribution >= 4 is 41.5 Å². The van der Waals surface area contributed by atoms with Gasteiger partial charge in [-0.3, -0.25) is 4.90 Å². The maximum Gasteiger partial charge on any atom is 0.263 e. The summed E-state index contributed by atoms with van der Waals surface area (Å²) in [7, 11) is -6.39. The summed E-state index contributed by atoms with van der Waals surface area (Å²) < 4.78 is 37.4. The number of allylic oxidation sites excluding steroid dienone is 1. The minimum atomic E-state index is -4.03. The number of nitrogens with zero attached hydrogens (tertiary/aromatic N) is 1. The molecule has 0 spiro atoms. The third-order valence-corrected chi connectivity index (χ3v) is 12.4. The van der Waals surface area contributed by atoms with E-state index in [4.69, 9.17) is 32.5 Å². The van der Waals surface area contributed by atoms with Crippen LogP contribution in [0, 0.1) is 0 Å². The van der Waals surface area contributed by atoms with E-state index in [2.05, 4.69) is 11.5 Å². The Hall–Kier alpha value is -0.193. The molecule has 2 rings (SSSR count). The number of morpholine rings is 1. The van der Waals surface area contributed by atoms with Crippen LogP contribution in [0.3, 0.4) is 0 Å². The van der Waals surface area contributed by atoms with Crippen molar-refractivity contribution in [2.75, 3.05) is 26.3 Å². The Morgan fingerprint density at radius 2 is 1.79 bits per heavy atom. The average Bonchev–Trinajstić information content (AvgIpc) is 2.58. The Labute approximate surface area is 179 Å². The van der Waals surface area contributed by atoms with Crippen LogP contribution in [0.15, 0.2) is 32.7 Å². The monoisotopic (exact) mass is 468 g/mol. The lowest BCUT2D eigenvalue weighted by molar-refractivity contribution is 0.0309. The van der Waals surface area contributed by atoms with Gasteiger partial charge in [-0.15, -0.1) is 4.89 Å². The Bertz CT molecular complexity index is 810. The average molecular weight is 470 g/mol. The second-order valence-electron chi connectivity index (χ2n) is 8.64. The Balaban J connectivity index is 2.41. The summed E-state index contributed by atoms with van der Waals surface area (Å²) in [6, 6.07) is -0.499. The molecule has 0 amide bonds. The number of rotatable bonds is 5. The summed E-state index contributed by atoms with van der Waals surface area (Å²) >= 11 is 13.1. The molecule has 1 saturated heterocycles. The van der Waals surface area contributed by atoms with E-state index in [9.17, 15) is 8.42 Å². The van der Waals surface area contributed by atoms with Crippen LogP contribution in [0.1, 0.15) is 27.7 Å². The number of hydrogen-bond acceptors (Lipinski definition) is 5. The molecule has 10 heteroatoms. The zero-order valence-corrected chi connectivity index (χ0v) is 20.7. The Morgan fingerprint density at radius 3 is 2.29 bits per heavy atom. The third kappa shape index (κ3) is 4.75. The maximum atomic E-state index is 13.1. The van der Waals surface area contributed by atoms with Crippen LogP contribution in [0.5, 0.6) is 0 Å². The molecular weight excluding hydrogens is 439 g/mol. The van der Waals surface area contributed by atoms with E-state index in [0.29, 0.717) is 42.5 Å². The lowest BCUT2D eigenvalue weighted by atomic mass is 9.96. The Kier molecular flexibility index (Phi) is 7.32. The van der Waals surface area contributed by atoms with Gasteiger partial charge < -0.3 is 9.26 Å². The predicted molar refractivity (Wildman–Crippen MR) is 117 cm³/mol. The molecule has 1 unspecified atom stereocenters. The SMILES string of the molecule is C=C1C(Cl)=C(C)C(S(=O)(=O)NO[Si](C)(C)C(C)(C)C)=C(Cl)C1N1CCOCC1. The zero-order chi connectivity index (χ0) is 21.5. The highest BCUT2D eigenvalue weighted by Crippen LogP contribution is 2.42. The molecule has 0 saturated carbocycles. The number of sulfonamides is 1. The first kappa shape index (κ1) is 24.1.